The molecule has 0 spiro atoms. The van der Waals surface area contributed by atoms with Crippen molar-refractivity contribution in [3.63, 3.8) is 0 Å². The van der Waals surface area contributed by atoms with Crippen LogP contribution in [-0.4, -0.2) is 146 Å². The standard InChI is InChI=1S/C35H54N16O10/c36-21(6-3-9-41-34(37)38)31(58)48-15-27(54)44-13-26(53)47-18-30(57)51-24(11-19-12-43-22-7-2-1-5-20(19)22)32(59)49-16-28(55)45-14-25(52)46-17-29(56)50-23(33(60)61)8-4-10-42-35(39)40/h1-2,5,7,12,21,23-24,43H,3-4,6,8-11,13-18,36H2,(H,44,54)(H,45,55)(H,46,52)(H,47,53)(H,48,58)(H,49,59)(H,50,56)(H,51,57)(H,60,61)(H4,37,38,41)(H4,39,40,42)/t21-,23-,24-/m0/s1. The Morgan fingerprint density at radius 2 is 1.03 bits per heavy atom. The SMILES string of the molecule is NC(N)=NCCC[C@H](NC(=O)CNC(=O)CNC(=O)CNC(=O)[C@H](Cc1c[nH]c2ccccc12)NC(=O)CNC(=O)CNC(=O)CNC(=O)[C@@H](N)CCCN=C(N)N)C(=O)O. The molecule has 0 fully saturated rings. The van der Waals surface area contributed by atoms with Gasteiger partial charge in [-0.25, -0.2) is 4.79 Å². The molecule has 0 aliphatic rings. The van der Waals surface area contributed by atoms with E-state index in [0.29, 0.717) is 12.0 Å². The molecule has 20 N–H and O–H groups in total. The van der Waals surface area contributed by atoms with E-state index in [-0.39, 0.29) is 50.7 Å². The zero-order valence-corrected chi connectivity index (χ0v) is 33.2. The van der Waals surface area contributed by atoms with E-state index in [9.17, 15) is 48.3 Å². The molecule has 334 valence electrons. The van der Waals surface area contributed by atoms with Gasteiger partial charge in [0.25, 0.3) is 0 Å². The van der Waals surface area contributed by atoms with Crippen LogP contribution in [-0.2, 0) is 49.6 Å². The van der Waals surface area contributed by atoms with Crippen LogP contribution in [0.4, 0.5) is 0 Å². The topological polar surface area (TPSA) is 441 Å². The highest BCUT2D eigenvalue weighted by atomic mass is 16.4. The molecule has 2 rings (SSSR count). The maximum atomic E-state index is 13.3. The van der Waals surface area contributed by atoms with Crippen LogP contribution in [0.15, 0.2) is 40.4 Å². The molecule has 0 saturated heterocycles. The van der Waals surface area contributed by atoms with Crippen molar-refractivity contribution in [2.45, 2.75) is 50.2 Å². The van der Waals surface area contributed by atoms with E-state index < -0.39 is 111 Å². The molecule has 0 aliphatic heterocycles. The first kappa shape index (κ1) is 49.6. The minimum atomic E-state index is -1.30. The van der Waals surface area contributed by atoms with Crippen LogP contribution in [0.3, 0.4) is 0 Å². The number of aromatic amines is 1. The number of guanidine groups is 2. The van der Waals surface area contributed by atoms with Crippen molar-refractivity contribution < 1.29 is 48.3 Å². The first-order valence-electron chi connectivity index (χ1n) is 18.8. The number of hydrogen-bond donors (Lipinski definition) is 15. The summed E-state index contributed by atoms with van der Waals surface area (Å²) in [5, 5.41) is 28.7. The van der Waals surface area contributed by atoms with Crippen molar-refractivity contribution in [1.82, 2.24) is 47.5 Å². The van der Waals surface area contributed by atoms with Crippen molar-refractivity contribution in [1.29, 1.82) is 0 Å². The first-order chi connectivity index (χ1) is 28.9. The van der Waals surface area contributed by atoms with E-state index in [1.54, 1.807) is 24.4 Å². The molecule has 1 aromatic carbocycles. The largest absolute Gasteiger partial charge is 0.480 e. The Balaban J connectivity index is 1.84. The minimum absolute atomic E-state index is 0.0190. The molecule has 1 heterocycles. The molecule has 61 heavy (non-hydrogen) atoms. The van der Waals surface area contributed by atoms with Gasteiger partial charge < -0.3 is 81.3 Å². The molecular formula is C35H54N16O10. The van der Waals surface area contributed by atoms with Gasteiger partial charge in [0.2, 0.25) is 47.3 Å². The number of carboxylic acid groups (broad SMARTS) is 1. The number of amides is 8. The Labute approximate surface area is 348 Å². The number of nitrogens with zero attached hydrogens (tertiary/aromatic N) is 2. The molecule has 0 aliphatic carbocycles. The highest BCUT2D eigenvalue weighted by Crippen LogP contribution is 2.19. The van der Waals surface area contributed by atoms with E-state index in [2.05, 4.69) is 57.5 Å². The molecule has 26 heteroatoms. The van der Waals surface area contributed by atoms with E-state index in [1.165, 1.54) is 0 Å². The number of hydrogen-bond acceptors (Lipinski definition) is 12. The van der Waals surface area contributed by atoms with Crippen LogP contribution in [0, 0.1) is 0 Å². The number of carbonyl (C=O) groups is 9. The summed E-state index contributed by atoms with van der Waals surface area (Å²) in [6, 6.07) is 3.76. The Morgan fingerprint density at radius 3 is 1.54 bits per heavy atom. The summed E-state index contributed by atoms with van der Waals surface area (Å²) in [7, 11) is 0. The van der Waals surface area contributed by atoms with Gasteiger partial charge in [-0.2, -0.15) is 0 Å². The normalized spacial score (nSPS) is 12.0. The lowest BCUT2D eigenvalue weighted by molar-refractivity contribution is -0.142. The third kappa shape index (κ3) is 20.7. The molecule has 0 saturated carbocycles. The lowest BCUT2D eigenvalue weighted by atomic mass is 10.0. The highest BCUT2D eigenvalue weighted by Gasteiger charge is 2.24. The van der Waals surface area contributed by atoms with Gasteiger partial charge >= 0.3 is 5.97 Å². The fourth-order valence-electron chi connectivity index (χ4n) is 5.19. The quantitative estimate of drug-likeness (QED) is 0.0226. The van der Waals surface area contributed by atoms with Gasteiger partial charge in [-0.05, 0) is 37.3 Å². The van der Waals surface area contributed by atoms with Gasteiger partial charge in [0.05, 0.1) is 45.3 Å². The van der Waals surface area contributed by atoms with Crippen LogP contribution >= 0.6 is 0 Å². The van der Waals surface area contributed by atoms with Crippen molar-refractivity contribution in [3.8, 4) is 0 Å². The smallest absolute Gasteiger partial charge is 0.326 e. The number of aromatic nitrogens is 1. The highest BCUT2D eigenvalue weighted by molar-refractivity contribution is 5.95. The fourth-order valence-corrected chi connectivity index (χ4v) is 5.19. The molecule has 8 amide bonds. The fraction of sp³-hybridized carbons (Fsp3) is 0.457. The molecule has 3 atom stereocenters. The average Bonchev–Trinajstić information content (AvgIpc) is 3.63. The van der Waals surface area contributed by atoms with Gasteiger partial charge in [0.15, 0.2) is 11.9 Å². The monoisotopic (exact) mass is 858 g/mol. The number of para-hydroxylation sites is 1. The lowest BCUT2D eigenvalue weighted by Gasteiger charge is -2.19. The number of nitrogens with one attached hydrogen (secondary N) is 9. The second-order valence-corrected chi connectivity index (χ2v) is 13.2. The predicted octanol–water partition coefficient (Wildman–Crippen LogP) is -7.10. The van der Waals surface area contributed by atoms with Crippen LogP contribution in [0.5, 0.6) is 0 Å². The van der Waals surface area contributed by atoms with E-state index in [0.717, 1.165) is 10.9 Å². The van der Waals surface area contributed by atoms with Crippen LogP contribution in [0.25, 0.3) is 10.9 Å². The molecule has 26 nitrogen and oxygen atoms in total. The number of nitrogens with two attached hydrogens (primary N) is 5. The van der Waals surface area contributed by atoms with E-state index in [4.69, 9.17) is 28.7 Å². The third-order valence-electron chi connectivity index (χ3n) is 8.26. The number of fused-ring (bicyclic) bond motifs is 1. The summed E-state index contributed by atoms with van der Waals surface area (Å²) in [6.07, 6.45) is 2.57. The average molecular weight is 859 g/mol. The number of carboxylic acids is 1. The van der Waals surface area contributed by atoms with Crippen molar-refractivity contribution in [2.75, 3.05) is 52.4 Å². The molecule has 2 aromatic rings. The van der Waals surface area contributed by atoms with Gasteiger partial charge in [0, 0.05) is 36.6 Å². The van der Waals surface area contributed by atoms with Crippen LogP contribution < -0.4 is 71.2 Å². The van der Waals surface area contributed by atoms with Gasteiger partial charge in [-0.1, -0.05) is 18.2 Å². The maximum absolute atomic E-state index is 13.3. The summed E-state index contributed by atoms with van der Waals surface area (Å²) < 4.78 is 0. The molecule has 0 unspecified atom stereocenters. The van der Waals surface area contributed by atoms with Crippen LogP contribution in [0.2, 0.25) is 0 Å². The van der Waals surface area contributed by atoms with Crippen molar-refractivity contribution in [3.05, 3.63) is 36.0 Å². The number of carbonyl (C=O) groups excluding carboxylic acids is 8. The van der Waals surface area contributed by atoms with Gasteiger partial charge in [-0.15, -0.1) is 0 Å². The summed E-state index contributed by atoms with van der Waals surface area (Å²) in [5.41, 5.74) is 28.1. The molecule has 1 aromatic heterocycles. The summed E-state index contributed by atoms with van der Waals surface area (Å²) >= 11 is 0. The number of aliphatic imine (C=N–C) groups is 2. The van der Waals surface area contributed by atoms with Crippen molar-refractivity contribution >= 4 is 76.0 Å². The Bertz CT molecular complexity index is 1930. The lowest BCUT2D eigenvalue weighted by Crippen LogP contribution is -2.53. The summed E-state index contributed by atoms with van der Waals surface area (Å²) in [6.45, 7) is -2.98. The molecular weight excluding hydrogens is 804 g/mol. The van der Waals surface area contributed by atoms with Gasteiger partial charge in [-0.3, -0.25) is 48.3 Å². The minimum Gasteiger partial charge on any atom is -0.480 e. The predicted molar refractivity (Wildman–Crippen MR) is 219 cm³/mol. The number of benzene rings is 1. The molecule has 0 bridgehead atoms. The first-order valence-corrected chi connectivity index (χ1v) is 18.8. The second-order valence-electron chi connectivity index (χ2n) is 13.2. The van der Waals surface area contributed by atoms with Gasteiger partial charge in [0.1, 0.15) is 12.1 Å². The maximum Gasteiger partial charge on any atom is 0.326 e. The number of H-pyrrole nitrogens is 1. The van der Waals surface area contributed by atoms with E-state index >= 15 is 0 Å². The summed E-state index contributed by atoms with van der Waals surface area (Å²) in [5.74, 6) is -7.58. The zero-order chi connectivity index (χ0) is 45.3. The van der Waals surface area contributed by atoms with E-state index in [1.807, 2.05) is 6.07 Å². The van der Waals surface area contributed by atoms with Crippen LogP contribution in [0.1, 0.15) is 31.2 Å². The Morgan fingerprint density at radius 1 is 0.590 bits per heavy atom. The Hall–Kier alpha value is -7.51. The molecule has 0 radical (unpaired) electrons. The number of rotatable bonds is 27. The summed E-state index contributed by atoms with van der Waals surface area (Å²) in [4.78, 5) is 122. The zero-order valence-electron chi connectivity index (χ0n) is 33.2. The second kappa shape index (κ2) is 26.5. The third-order valence-corrected chi connectivity index (χ3v) is 8.26. The Kier molecular flexibility index (Phi) is 21.5. The number of aliphatic carboxylic acids is 1. The van der Waals surface area contributed by atoms with Crippen molar-refractivity contribution in [2.24, 2.45) is 38.7 Å².